The van der Waals surface area contributed by atoms with Gasteiger partial charge in [-0.1, -0.05) is 19.8 Å². The molecule has 0 radical (unpaired) electrons. The summed E-state index contributed by atoms with van der Waals surface area (Å²) in [5.41, 5.74) is 9.01. The number of nitrogens with zero attached hydrogens (tertiary/aromatic N) is 3. The Labute approximate surface area is 191 Å². The maximum absolute atomic E-state index is 12.2. The second kappa shape index (κ2) is 11.4. The number of pyridine rings is 1. The van der Waals surface area contributed by atoms with E-state index >= 15 is 0 Å². The molecule has 1 heterocycles. The highest BCUT2D eigenvalue weighted by atomic mass is 16.6. The van der Waals surface area contributed by atoms with Gasteiger partial charge in [-0.05, 0) is 57.1 Å². The number of rotatable bonds is 9. The fraction of sp³-hybridized carbons (Fsp3) is 0.667. The fourth-order valence-corrected chi connectivity index (χ4v) is 4.23. The zero-order chi connectivity index (χ0) is 23.1. The molecule has 178 valence electrons. The lowest BCUT2D eigenvalue weighted by Gasteiger charge is -2.30. The average Bonchev–Trinajstić information content (AvgIpc) is 2.74. The number of carbonyl (C=O) groups excluding carboxylic acids is 1. The van der Waals surface area contributed by atoms with E-state index in [-0.39, 0.29) is 12.7 Å². The largest absolute Gasteiger partial charge is 0.489 e. The van der Waals surface area contributed by atoms with Crippen LogP contribution >= 0.6 is 0 Å². The first-order valence-electron chi connectivity index (χ1n) is 11.9. The molecule has 8 nitrogen and oxygen atoms in total. The highest BCUT2D eigenvalue weighted by molar-refractivity contribution is 5.68. The molecule has 3 rings (SSSR count). The Morgan fingerprint density at radius 1 is 1.12 bits per heavy atom. The fourth-order valence-electron chi connectivity index (χ4n) is 4.23. The summed E-state index contributed by atoms with van der Waals surface area (Å²) in [6.07, 6.45) is 10.1. The van der Waals surface area contributed by atoms with Crippen LogP contribution in [0.4, 0.5) is 4.79 Å². The van der Waals surface area contributed by atoms with Gasteiger partial charge in [0.2, 0.25) is 0 Å². The van der Waals surface area contributed by atoms with Gasteiger partial charge in [-0.15, -0.1) is 0 Å². The summed E-state index contributed by atoms with van der Waals surface area (Å²) in [6, 6.07) is 3.87. The van der Waals surface area contributed by atoms with E-state index in [4.69, 9.17) is 26.0 Å². The molecule has 2 saturated carbocycles. The van der Waals surface area contributed by atoms with Crippen molar-refractivity contribution in [1.82, 2.24) is 14.9 Å². The van der Waals surface area contributed by atoms with Crippen molar-refractivity contribution < 1.29 is 14.3 Å². The minimum Gasteiger partial charge on any atom is -0.489 e. The molecular formula is C24H39N5O3. The summed E-state index contributed by atoms with van der Waals surface area (Å²) in [6.45, 7) is 2.61. The Morgan fingerprint density at radius 3 is 2.44 bits per heavy atom. The molecule has 0 aliphatic heterocycles. The standard InChI is InChI=1S/C24H39N5O3/c1-4-15-28(2)24(30)31-16-20(29(3)26)22(25)19-13-14-21(23(27-19)17-9-8-10-17)32-18-11-6-5-7-12-18/h13-14,17-18H,4-12,15-16,25-26H2,1-3H3/b22-20-. The van der Waals surface area contributed by atoms with Gasteiger partial charge >= 0.3 is 6.09 Å². The van der Waals surface area contributed by atoms with Crippen LogP contribution in [-0.2, 0) is 4.74 Å². The smallest absolute Gasteiger partial charge is 0.409 e. The molecule has 0 bridgehead atoms. The summed E-state index contributed by atoms with van der Waals surface area (Å²) in [7, 11) is 3.39. The van der Waals surface area contributed by atoms with E-state index in [0.29, 0.717) is 29.6 Å². The van der Waals surface area contributed by atoms with Gasteiger partial charge in [0.1, 0.15) is 12.4 Å². The number of hydrazine groups is 1. The van der Waals surface area contributed by atoms with E-state index in [0.717, 1.165) is 43.5 Å². The number of hydrogen-bond acceptors (Lipinski definition) is 7. The van der Waals surface area contributed by atoms with Gasteiger partial charge < -0.3 is 25.1 Å². The van der Waals surface area contributed by atoms with Crippen molar-refractivity contribution in [3.05, 3.63) is 29.2 Å². The van der Waals surface area contributed by atoms with Crippen LogP contribution in [0.3, 0.4) is 0 Å². The molecule has 1 aromatic heterocycles. The first-order valence-corrected chi connectivity index (χ1v) is 11.9. The van der Waals surface area contributed by atoms with Crippen molar-refractivity contribution in [1.29, 1.82) is 0 Å². The molecule has 0 atom stereocenters. The number of nitrogens with two attached hydrogens (primary N) is 2. The molecule has 1 aromatic rings. The summed E-state index contributed by atoms with van der Waals surface area (Å²) in [5.74, 6) is 7.31. The van der Waals surface area contributed by atoms with Gasteiger partial charge in [-0.2, -0.15) is 0 Å². The van der Waals surface area contributed by atoms with Crippen molar-refractivity contribution in [2.45, 2.75) is 76.7 Å². The Kier molecular flexibility index (Phi) is 8.61. The Morgan fingerprint density at radius 2 is 1.84 bits per heavy atom. The van der Waals surface area contributed by atoms with Crippen LogP contribution in [0.1, 0.15) is 82.0 Å². The first kappa shape index (κ1) is 24.2. The summed E-state index contributed by atoms with van der Waals surface area (Å²) < 4.78 is 11.8. The summed E-state index contributed by atoms with van der Waals surface area (Å²) in [5, 5.41) is 1.39. The van der Waals surface area contributed by atoms with Crippen LogP contribution in [0.2, 0.25) is 0 Å². The molecule has 4 N–H and O–H groups in total. The lowest BCUT2D eigenvalue weighted by molar-refractivity contribution is 0.113. The third-order valence-corrected chi connectivity index (χ3v) is 6.44. The Balaban J connectivity index is 1.81. The zero-order valence-electron chi connectivity index (χ0n) is 19.8. The van der Waals surface area contributed by atoms with Crippen LogP contribution < -0.4 is 16.3 Å². The Bertz CT molecular complexity index is 801. The average molecular weight is 446 g/mol. The minimum absolute atomic E-state index is 0.0213. The molecule has 2 aliphatic rings. The van der Waals surface area contributed by atoms with E-state index in [1.54, 1.807) is 14.1 Å². The highest BCUT2D eigenvalue weighted by Crippen LogP contribution is 2.41. The number of amides is 1. The zero-order valence-corrected chi connectivity index (χ0v) is 19.8. The number of aromatic nitrogens is 1. The van der Waals surface area contributed by atoms with Gasteiger partial charge in [0.25, 0.3) is 0 Å². The van der Waals surface area contributed by atoms with E-state index in [2.05, 4.69) is 0 Å². The molecule has 0 saturated heterocycles. The van der Waals surface area contributed by atoms with Gasteiger partial charge in [-0.25, -0.2) is 15.6 Å². The van der Waals surface area contributed by atoms with Crippen LogP contribution in [0.25, 0.3) is 5.70 Å². The van der Waals surface area contributed by atoms with Crippen molar-refractivity contribution in [3.8, 4) is 5.75 Å². The van der Waals surface area contributed by atoms with E-state index in [1.807, 2.05) is 19.1 Å². The van der Waals surface area contributed by atoms with Gasteiger partial charge in [0.15, 0.2) is 0 Å². The van der Waals surface area contributed by atoms with Crippen molar-refractivity contribution >= 4 is 11.8 Å². The van der Waals surface area contributed by atoms with Gasteiger partial charge in [0.05, 0.1) is 28.9 Å². The lowest BCUT2D eigenvalue weighted by Crippen LogP contribution is -2.34. The monoisotopic (exact) mass is 445 g/mol. The van der Waals surface area contributed by atoms with E-state index in [1.165, 1.54) is 35.6 Å². The molecule has 2 aliphatic carbocycles. The number of ether oxygens (including phenoxy) is 2. The summed E-state index contributed by atoms with van der Waals surface area (Å²) in [4.78, 5) is 18.6. The first-order chi connectivity index (χ1) is 15.4. The molecule has 1 amide bonds. The third-order valence-electron chi connectivity index (χ3n) is 6.44. The van der Waals surface area contributed by atoms with Crippen molar-refractivity contribution in [3.63, 3.8) is 0 Å². The van der Waals surface area contributed by atoms with Gasteiger partial charge in [0, 0.05) is 26.6 Å². The topological polar surface area (TPSA) is 107 Å². The predicted octanol–water partition coefficient (Wildman–Crippen LogP) is 3.97. The second-order valence-electron chi connectivity index (χ2n) is 9.03. The van der Waals surface area contributed by atoms with Crippen molar-refractivity contribution in [2.75, 3.05) is 27.2 Å². The van der Waals surface area contributed by atoms with Crippen LogP contribution in [-0.4, -0.2) is 54.3 Å². The Hall–Kier alpha value is -2.48. The van der Waals surface area contributed by atoms with E-state index < -0.39 is 6.09 Å². The predicted molar refractivity (Wildman–Crippen MR) is 126 cm³/mol. The summed E-state index contributed by atoms with van der Waals surface area (Å²) >= 11 is 0. The second-order valence-corrected chi connectivity index (χ2v) is 9.03. The molecule has 0 unspecified atom stereocenters. The normalized spacial score (nSPS) is 17.9. The van der Waals surface area contributed by atoms with E-state index in [9.17, 15) is 4.79 Å². The van der Waals surface area contributed by atoms with Crippen molar-refractivity contribution in [2.24, 2.45) is 11.6 Å². The van der Waals surface area contributed by atoms with Crippen LogP contribution in [0.5, 0.6) is 5.75 Å². The molecule has 8 heteroatoms. The maximum Gasteiger partial charge on any atom is 0.409 e. The van der Waals surface area contributed by atoms with Gasteiger partial charge in [-0.3, -0.25) is 0 Å². The molecule has 0 spiro atoms. The maximum atomic E-state index is 12.2. The SMILES string of the molecule is CCCN(C)C(=O)OC/C(=C(/N)c1ccc(OC2CCCCC2)c(C2CCC2)n1)N(C)N. The number of likely N-dealkylation sites (N-methyl/N-ethyl adjacent to an activating group) is 1. The molecule has 32 heavy (non-hydrogen) atoms. The number of hydrogen-bond donors (Lipinski definition) is 2. The number of carbonyl (C=O) groups is 1. The third kappa shape index (κ3) is 6.06. The molecule has 2 fully saturated rings. The quantitative estimate of drug-likeness (QED) is 0.437. The molecular weight excluding hydrogens is 406 g/mol. The van der Waals surface area contributed by atoms with Crippen LogP contribution in [0.15, 0.2) is 17.8 Å². The minimum atomic E-state index is -0.404. The highest BCUT2D eigenvalue weighted by Gasteiger charge is 2.27. The van der Waals surface area contributed by atoms with Crippen LogP contribution in [0, 0.1) is 0 Å². The molecule has 0 aromatic carbocycles. The lowest BCUT2D eigenvalue weighted by atomic mass is 9.82.